The van der Waals surface area contributed by atoms with Gasteiger partial charge in [0.1, 0.15) is 11.6 Å². The Morgan fingerprint density at radius 2 is 1.92 bits per heavy atom. The zero-order chi connectivity index (χ0) is 25.1. The standard InChI is InChI=1S/C26H24FN5O4/c27-20-8-4-3-7-17(20)15-28-26(35)32-22(16-5-1-2-6-16)14-21(31-32)19-13-18(9-10-23(19)33)30-25(34)24-11-12-29-36-24/h3-4,7-14,16,33H,1-2,5-6,15H2,(H,28,35)(H,30,34). The lowest BCUT2D eigenvalue weighted by Gasteiger charge is -2.12. The van der Waals surface area contributed by atoms with Crippen LogP contribution >= 0.6 is 0 Å². The van der Waals surface area contributed by atoms with Crippen molar-refractivity contribution in [1.82, 2.24) is 20.3 Å². The zero-order valence-electron chi connectivity index (χ0n) is 19.3. The first kappa shape index (κ1) is 23.3. The molecular weight excluding hydrogens is 465 g/mol. The molecule has 3 N–H and O–H groups in total. The van der Waals surface area contributed by atoms with Gasteiger partial charge in [-0.15, -0.1) is 0 Å². The third-order valence-corrected chi connectivity index (χ3v) is 6.28. The maximum absolute atomic E-state index is 14.0. The Hall–Kier alpha value is -4.47. The summed E-state index contributed by atoms with van der Waals surface area (Å²) in [6.07, 6.45) is 5.31. The van der Waals surface area contributed by atoms with E-state index in [0.29, 0.717) is 22.5 Å². The molecule has 184 valence electrons. The third kappa shape index (κ3) is 4.83. The molecule has 2 amide bonds. The summed E-state index contributed by atoms with van der Waals surface area (Å²) in [5, 5.41) is 24.0. The molecule has 0 bridgehead atoms. The number of nitrogens with one attached hydrogen (secondary N) is 2. The smallest absolute Gasteiger partial charge is 0.342 e. The predicted octanol–water partition coefficient (Wildman–Crippen LogP) is 5.05. The number of aromatic hydroxyl groups is 1. The van der Waals surface area contributed by atoms with Crippen molar-refractivity contribution in [3.63, 3.8) is 0 Å². The van der Waals surface area contributed by atoms with Crippen molar-refractivity contribution >= 4 is 17.6 Å². The first-order valence-electron chi connectivity index (χ1n) is 11.7. The predicted molar refractivity (Wildman–Crippen MR) is 129 cm³/mol. The molecule has 2 aromatic carbocycles. The Bertz CT molecular complexity index is 1390. The van der Waals surface area contributed by atoms with Crippen molar-refractivity contribution < 1.29 is 23.6 Å². The number of nitrogens with zero attached hydrogens (tertiary/aromatic N) is 3. The van der Waals surface area contributed by atoms with E-state index in [2.05, 4.69) is 20.9 Å². The summed E-state index contributed by atoms with van der Waals surface area (Å²) in [5.41, 5.74) is 2.24. The van der Waals surface area contributed by atoms with E-state index in [1.807, 2.05) is 0 Å². The van der Waals surface area contributed by atoms with Crippen LogP contribution in [-0.4, -0.2) is 32.0 Å². The molecule has 0 spiro atoms. The van der Waals surface area contributed by atoms with Gasteiger partial charge in [0.05, 0.1) is 17.6 Å². The second kappa shape index (κ2) is 10.0. The number of rotatable bonds is 6. The number of phenols is 1. The summed E-state index contributed by atoms with van der Waals surface area (Å²) < 4.78 is 20.2. The minimum absolute atomic E-state index is 0.0131. The Morgan fingerprint density at radius 3 is 2.67 bits per heavy atom. The van der Waals surface area contributed by atoms with Crippen LogP contribution in [-0.2, 0) is 6.54 Å². The van der Waals surface area contributed by atoms with Gasteiger partial charge in [-0.25, -0.2) is 9.18 Å². The highest BCUT2D eigenvalue weighted by Gasteiger charge is 2.26. The van der Waals surface area contributed by atoms with Crippen LogP contribution in [0, 0.1) is 5.82 Å². The van der Waals surface area contributed by atoms with E-state index in [9.17, 15) is 19.1 Å². The van der Waals surface area contributed by atoms with Crippen molar-refractivity contribution in [2.24, 2.45) is 0 Å². The molecule has 1 aliphatic rings. The molecular formula is C26H24FN5O4. The van der Waals surface area contributed by atoms with Gasteiger partial charge in [-0.2, -0.15) is 9.78 Å². The van der Waals surface area contributed by atoms with E-state index in [1.165, 1.54) is 29.1 Å². The summed E-state index contributed by atoms with van der Waals surface area (Å²) in [4.78, 5) is 25.4. The molecule has 0 unspecified atom stereocenters. The SMILES string of the molecule is O=C(Nc1ccc(O)c(-c2cc(C3CCCC3)n(C(=O)NCc3ccccc3F)n2)c1)c1ccno1. The van der Waals surface area contributed by atoms with Crippen molar-refractivity contribution in [3.05, 3.63) is 83.6 Å². The number of hydrogen-bond donors (Lipinski definition) is 3. The lowest BCUT2D eigenvalue weighted by Crippen LogP contribution is -2.31. The third-order valence-electron chi connectivity index (χ3n) is 6.28. The number of carbonyl (C=O) groups is 2. The second-order valence-corrected chi connectivity index (χ2v) is 8.66. The van der Waals surface area contributed by atoms with Gasteiger partial charge >= 0.3 is 6.03 Å². The van der Waals surface area contributed by atoms with E-state index in [1.54, 1.807) is 36.4 Å². The van der Waals surface area contributed by atoms with Gasteiger partial charge in [-0.3, -0.25) is 4.79 Å². The van der Waals surface area contributed by atoms with Crippen LogP contribution in [0.25, 0.3) is 11.3 Å². The summed E-state index contributed by atoms with van der Waals surface area (Å²) >= 11 is 0. The lowest BCUT2D eigenvalue weighted by atomic mass is 10.0. The number of hydrogen-bond acceptors (Lipinski definition) is 6. The highest BCUT2D eigenvalue weighted by atomic mass is 19.1. The Balaban J connectivity index is 1.43. The zero-order valence-corrected chi connectivity index (χ0v) is 19.3. The highest BCUT2D eigenvalue weighted by molar-refractivity contribution is 6.02. The molecule has 0 atom stereocenters. The van der Waals surface area contributed by atoms with E-state index >= 15 is 0 Å². The molecule has 1 fully saturated rings. The number of halogens is 1. The number of aromatic nitrogens is 3. The van der Waals surface area contributed by atoms with Crippen LogP contribution in [0.4, 0.5) is 14.9 Å². The van der Waals surface area contributed by atoms with Crippen LogP contribution in [0.2, 0.25) is 0 Å². The monoisotopic (exact) mass is 489 g/mol. The van der Waals surface area contributed by atoms with Crippen LogP contribution in [0.5, 0.6) is 5.75 Å². The molecule has 5 rings (SSSR count). The average molecular weight is 490 g/mol. The Labute approximate surface area is 205 Å². The Kier molecular flexibility index (Phi) is 6.48. The lowest BCUT2D eigenvalue weighted by molar-refractivity contribution is 0.0988. The van der Waals surface area contributed by atoms with Crippen molar-refractivity contribution in [2.75, 3.05) is 5.32 Å². The van der Waals surface area contributed by atoms with Gasteiger partial charge in [0.25, 0.3) is 5.91 Å². The van der Waals surface area contributed by atoms with Gasteiger partial charge < -0.3 is 20.3 Å². The van der Waals surface area contributed by atoms with Crippen molar-refractivity contribution in [2.45, 2.75) is 38.1 Å². The summed E-state index contributed by atoms with van der Waals surface area (Å²) in [6.45, 7) is 0.0131. The average Bonchev–Trinajstić information content (AvgIpc) is 3.66. The highest BCUT2D eigenvalue weighted by Crippen LogP contribution is 2.38. The van der Waals surface area contributed by atoms with Crippen molar-refractivity contribution in [1.29, 1.82) is 0 Å². The topological polar surface area (TPSA) is 122 Å². The van der Waals surface area contributed by atoms with Crippen LogP contribution < -0.4 is 10.6 Å². The number of anilines is 1. The fourth-order valence-electron chi connectivity index (χ4n) is 4.43. The minimum Gasteiger partial charge on any atom is -0.507 e. The first-order chi connectivity index (χ1) is 17.5. The fraction of sp³-hybridized carbons (Fsp3) is 0.231. The summed E-state index contributed by atoms with van der Waals surface area (Å²) in [5.74, 6) is -0.758. The minimum atomic E-state index is -0.492. The molecule has 1 saturated carbocycles. The van der Waals surface area contributed by atoms with E-state index < -0.39 is 17.8 Å². The molecule has 0 aliphatic heterocycles. The molecule has 10 heteroatoms. The van der Waals surface area contributed by atoms with Crippen LogP contribution in [0.1, 0.15) is 53.4 Å². The number of amides is 2. The maximum atomic E-state index is 14.0. The molecule has 2 aromatic heterocycles. The molecule has 0 saturated heterocycles. The summed E-state index contributed by atoms with van der Waals surface area (Å²) in [7, 11) is 0. The molecule has 2 heterocycles. The van der Waals surface area contributed by atoms with E-state index in [-0.39, 0.29) is 24.0 Å². The van der Waals surface area contributed by atoms with Gasteiger partial charge in [0.15, 0.2) is 0 Å². The summed E-state index contributed by atoms with van der Waals surface area (Å²) in [6, 6.07) is 13.5. The van der Waals surface area contributed by atoms with Gasteiger partial charge in [-0.1, -0.05) is 36.2 Å². The van der Waals surface area contributed by atoms with Crippen LogP contribution in [0.15, 0.2) is 65.3 Å². The first-order valence-corrected chi connectivity index (χ1v) is 11.7. The van der Waals surface area contributed by atoms with Gasteiger partial charge in [0.2, 0.25) is 5.76 Å². The fourth-order valence-corrected chi connectivity index (χ4v) is 4.43. The molecule has 36 heavy (non-hydrogen) atoms. The van der Waals surface area contributed by atoms with E-state index in [0.717, 1.165) is 31.4 Å². The van der Waals surface area contributed by atoms with E-state index in [4.69, 9.17) is 4.52 Å². The van der Waals surface area contributed by atoms with Crippen LogP contribution in [0.3, 0.4) is 0 Å². The molecule has 0 radical (unpaired) electrons. The molecule has 9 nitrogen and oxygen atoms in total. The second-order valence-electron chi connectivity index (χ2n) is 8.66. The number of carbonyl (C=O) groups excluding carboxylic acids is 2. The quantitative estimate of drug-likeness (QED) is 0.326. The van der Waals surface area contributed by atoms with Gasteiger partial charge in [-0.05, 0) is 43.2 Å². The molecule has 1 aliphatic carbocycles. The largest absolute Gasteiger partial charge is 0.507 e. The number of phenolic OH excluding ortho intramolecular Hbond substituents is 1. The normalized spacial score (nSPS) is 13.6. The number of benzene rings is 2. The van der Waals surface area contributed by atoms with Gasteiger partial charge in [0, 0.05) is 35.3 Å². The molecule has 4 aromatic rings. The maximum Gasteiger partial charge on any atom is 0.342 e. The van der Waals surface area contributed by atoms with Crippen molar-refractivity contribution in [3.8, 4) is 17.0 Å². The Morgan fingerprint density at radius 1 is 1.11 bits per heavy atom.